The van der Waals surface area contributed by atoms with E-state index in [2.05, 4.69) is 26.1 Å². The fourth-order valence-electron chi connectivity index (χ4n) is 2.73. The molecule has 4 aromatic rings. The Labute approximate surface area is 158 Å². The molecule has 0 radical (unpaired) electrons. The average molecular weight is 380 g/mol. The molecule has 130 valence electrons. The summed E-state index contributed by atoms with van der Waals surface area (Å²) < 4.78 is 5.40. The Morgan fingerprint density at radius 1 is 1.12 bits per heavy atom. The second-order valence-corrected chi connectivity index (χ2v) is 7.55. The fourth-order valence-corrected chi connectivity index (χ4v) is 4.43. The fraction of sp³-hybridized carbons (Fsp3) is 0.105. The van der Waals surface area contributed by atoms with Crippen LogP contribution in [0.15, 0.2) is 48.5 Å². The molecule has 0 atom stereocenters. The summed E-state index contributed by atoms with van der Waals surface area (Å²) in [6, 6.07) is 15.8. The number of fused-ring (bicyclic) bond motifs is 1. The Kier molecular flexibility index (Phi) is 4.40. The molecule has 4 rings (SSSR count). The third-order valence-electron chi connectivity index (χ3n) is 3.98. The summed E-state index contributed by atoms with van der Waals surface area (Å²) in [5.41, 5.74) is 4.01. The van der Waals surface area contributed by atoms with E-state index in [9.17, 15) is 4.79 Å². The summed E-state index contributed by atoms with van der Waals surface area (Å²) >= 11 is 2.93. The molecule has 2 aromatic carbocycles. The lowest BCUT2D eigenvalue weighted by Gasteiger charge is -2.07. The Morgan fingerprint density at radius 2 is 1.96 bits per heavy atom. The number of nitrogens with one attached hydrogen (secondary N) is 2. The van der Waals surface area contributed by atoms with Crippen molar-refractivity contribution >= 4 is 49.7 Å². The molecule has 1 amide bonds. The predicted octanol–water partition coefficient (Wildman–Crippen LogP) is 5.02. The molecule has 0 aliphatic carbocycles. The number of carbonyl (C=O) groups excluding carboxylic acids is 1. The maximum absolute atomic E-state index is 12.7. The summed E-state index contributed by atoms with van der Waals surface area (Å²) in [6.45, 7) is 1.84. The van der Waals surface area contributed by atoms with Gasteiger partial charge in [-0.05, 0) is 42.7 Å². The van der Waals surface area contributed by atoms with Crippen LogP contribution >= 0.6 is 22.9 Å². The van der Waals surface area contributed by atoms with Crippen LogP contribution in [0.3, 0.4) is 0 Å². The molecular formula is C19H16N4OS2. The van der Waals surface area contributed by atoms with Gasteiger partial charge in [0.2, 0.25) is 0 Å². The molecule has 2 aromatic heterocycles. The minimum Gasteiger partial charge on any atom is -0.378 e. The Bertz CT molecular complexity index is 1070. The van der Waals surface area contributed by atoms with Crippen LogP contribution in [-0.4, -0.2) is 22.3 Å². The second kappa shape index (κ2) is 6.86. The molecule has 0 spiro atoms. The number of carbonyl (C=O) groups is 1. The molecule has 0 bridgehead atoms. The number of anilines is 2. The first kappa shape index (κ1) is 16.7. The summed E-state index contributed by atoms with van der Waals surface area (Å²) in [5.74, 6) is -0.165. The lowest BCUT2D eigenvalue weighted by Crippen LogP contribution is -2.14. The van der Waals surface area contributed by atoms with Crippen molar-refractivity contribution in [2.75, 3.05) is 17.7 Å². The van der Waals surface area contributed by atoms with Gasteiger partial charge in [0.05, 0.1) is 21.5 Å². The number of benzene rings is 2. The Balaban J connectivity index is 1.63. The smallest absolute Gasteiger partial charge is 0.260 e. The van der Waals surface area contributed by atoms with Crippen LogP contribution < -0.4 is 10.6 Å². The van der Waals surface area contributed by atoms with Gasteiger partial charge >= 0.3 is 0 Å². The number of amides is 1. The molecule has 7 heteroatoms. The largest absolute Gasteiger partial charge is 0.378 e. The highest BCUT2D eigenvalue weighted by atomic mass is 32.1. The summed E-state index contributed by atoms with van der Waals surface area (Å²) in [7, 11) is 1.79. The number of para-hydroxylation sites is 1. The zero-order valence-corrected chi connectivity index (χ0v) is 15.9. The molecule has 0 saturated heterocycles. The highest BCUT2D eigenvalue weighted by Crippen LogP contribution is 2.31. The first-order chi connectivity index (χ1) is 12.7. The second-order valence-electron chi connectivity index (χ2n) is 5.74. The van der Waals surface area contributed by atoms with Gasteiger partial charge in [0.15, 0.2) is 0 Å². The highest BCUT2D eigenvalue weighted by molar-refractivity contribution is 7.21. The molecule has 2 N–H and O–H groups in total. The molecule has 0 saturated carbocycles. The van der Waals surface area contributed by atoms with Gasteiger partial charge in [-0.25, -0.2) is 4.98 Å². The van der Waals surface area contributed by atoms with Crippen molar-refractivity contribution in [2.45, 2.75) is 6.92 Å². The Hall–Kier alpha value is -2.77. The standard InChI is InChI=1S/C19H16N4OS2/c1-11-16(19(20-2)26-23-11)17(24)21-13-7-5-6-12(10-13)18-22-14-8-3-4-9-15(14)25-18/h3-10,20H,1-2H3,(H,21,24). The molecule has 0 fully saturated rings. The van der Waals surface area contributed by atoms with Crippen molar-refractivity contribution in [3.8, 4) is 10.6 Å². The van der Waals surface area contributed by atoms with Gasteiger partial charge in [0.1, 0.15) is 10.0 Å². The van der Waals surface area contributed by atoms with Crippen LogP contribution in [0.4, 0.5) is 10.7 Å². The van der Waals surface area contributed by atoms with Crippen molar-refractivity contribution in [3.63, 3.8) is 0 Å². The van der Waals surface area contributed by atoms with Crippen LogP contribution in [0, 0.1) is 6.92 Å². The topological polar surface area (TPSA) is 66.9 Å². The maximum Gasteiger partial charge on any atom is 0.260 e. The lowest BCUT2D eigenvalue weighted by atomic mass is 10.2. The number of thiazole rings is 1. The van der Waals surface area contributed by atoms with Gasteiger partial charge in [-0.3, -0.25) is 4.79 Å². The van der Waals surface area contributed by atoms with Crippen molar-refractivity contribution in [2.24, 2.45) is 0 Å². The number of nitrogens with zero attached hydrogens (tertiary/aromatic N) is 2. The minimum atomic E-state index is -0.165. The van der Waals surface area contributed by atoms with E-state index in [1.165, 1.54) is 11.5 Å². The maximum atomic E-state index is 12.7. The number of rotatable bonds is 4. The number of aryl methyl sites for hydroxylation is 1. The van der Waals surface area contributed by atoms with E-state index in [0.29, 0.717) is 5.56 Å². The Morgan fingerprint density at radius 3 is 2.77 bits per heavy atom. The van der Waals surface area contributed by atoms with Crippen LogP contribution in [0.2, 0.25) is 0 Å². The van der Waals surface area contributed by atoms with E-state index in [1.807, 2.05) is 49.4 Å². The van der Waals surface area contributed by atoms with E-state index in [-0.39, 0.29) is 5.91 Å². The third kappa shape index (κ3) is 3.07. The lowest BCUT2D eigenvalue weighted by molar-refractivity contribution is 0.102. The highest BCUT2D eigenvalue weighted by Gasteiger charge is 2.18. The molecule has 2 heterocycles. The van der Waals surface area contributed by atoms with E-state index in [0.717, 1.165) is 37.2 Å². The van der Waals surface area contributed by atoms with Gasteiger partial charge < -0.3 is 10.6 Å². The first-order valence-electron chi connectivity index (χ1n) is 8.07. The minimum absolute atomic E-state index is 0.165. The molecule has 0 aliphatic rings. The van der Waals surface area contributed by atoms with E-state index in [4.69, 9.17) is 0 Å². The van der Waals surface area contributed by atoms with Gasteiger partial charge in [-0.1, -0.05) is 24.3 Å². The number of hydrogen-bond acceptors (Lipinski definition) is 6. The SMILES string of the molecule is CNc1snc(C)c1C(=O)Nc1cccc(-c2nc3ccccc3s2)c1. The molecule has 5 nitrogen and oxygen atoms in total. The quantitative estimate of drug-likeness (QED) is 0.521. The predicted molar refractivity (Wildman–Crippen MR) is 109 cm³/mol. The summed E-state index contributed by atoms with van der Waals surface area (Å²) in [6.07, 6.45) is 0. The molecule has 26 heavy (non-hydrogen) atoms. The monoisotopic (exact) mass is 380 g/mol. The van der Waals surface area contributed by atoms with Gasteiger partial charge in [-0.15, -0.1) is 11.3 Å². The van der Waals surface area contributed by atoms with Gasteiger partial charge in [0.25, 0.3) is 5.91 Å². The van der Waals surface area contributed by atoms with Crippen molar-refractivity contribution in [1.82, 2.24) is 9.36 Å². The van der Waals surface area contributed by atoms with Crippen molar-refractivity contribution in [1.29, 1.82) is 0 Å². The third-order valence-corrected chi connectivity index (χ3v) is 6.02. The van der Waals surface area contributed by atoms with E-state index >= 15 is 0 Å². The van der Waals surface area contributed by atoms with Crippen LogP contribution in [0.5, 0.6) is 0 Å². The van der Waals surface area contributed by atoms with E-state index < -0.39 is 0 Å². The normalized spacial score (nSPS) is 10.8. The molecule has 0 aliphatic heterocycles. The molecule has 0 unspecified atom stereocenters. The average Bonchev–Trinajstić information content (AvgIpc) is 3.25. The van der Waals surface area contributed by atoms with Crippen molar-refractivity contribution < 1.29 is 4.79 Å². The number of aromatic nitrogens is 2. The van der Waals surface area contributed by atoms with Gasteiger partial charge in [-0.2, -0.15) is 4.37 Å². The zero-order valence-electron chi connectivity index (χ0n) is 14.2. The van der Waals surface area contributed by atoms with E-state index in [1.54, 1.807) is 18.4 Å². The number of hydrogen-bond donors (Lipinski definition) is 2. The van der Waals surface area contributed by atoms with Crippen molar-refractivity contribution in [3.05, 3.63) is 59.8 Å². The van der Waals surface area contributed by atoms with Gasteiger partial charge in [0, 0.05) is 18.3 Å². The first-order valence-corrected chi connectivity index (χ1v) is 9.66. The summed E-state index contributed by atoms with van der Waals surface area (Å²) in [4.78, 5) is 17.3. The van der Waals surface area contributed by atoms with Crippen LogP contribution in [0.1, 0.15) is 16.1 Å². The zero-order chi connectivity index (χ0) is 18.1. The van der Waals surface area contributed by atoms with Crippen LogP contribution in [0.25, 0.3) is 20.8 Å². The summed E-state index contributed by atoms with van der Waals surface area (Å²) in [5, 5.41) is 7.69. The van der Waals surface area contributed by atoms with Crippen LogP contribution in [-0.2, 0) is 0 Å². The molecular weight excluding hydrogens is 364 g/mol.